The Kier molecular flexibility index (Phi) is 6.06. The fraction of sp³-hybridized carbons (Fsp3) is 1.00. The first kappa shape index (κ1) is 16.7. The van der Waals surface area contributed by atoms with Crippen molar-refractivity contribution in [2.24, 2.45) is 9.69 Å². The highest BCUT2D eigenvalue weighted by Gasteiger charge is 2.44. The standard InChI is InChI=1S/C9H15F3NO4S2/c10-9(11,12)19(15,16)13-18(14)17-7-3-6-8-4-1-2-5-8/h8H,1-7H2/q-1. The predicted octanol–water partition coefficient (Wildman–Crippen LogP) is 2.89. The minimum absolute atomic E-state index is 0.0695. The van der Waals surface area contributed by atoms with Crippen molar-refractivity contribution >= 4 is 20.9 Å². The van der Waals surface area contributed by atoms with Gasteiger partial charge in [0, 0.05) is 6.61 Å². The van der Waals surface area contributed by atoms with Gasteiger partial charge in [-0.15, -0.1) is 0 Å². The van der Waals surface area contributed by atoms with Crippen molar-refractivity contribution in [2.45, 2.75) is 44.0 Å². The van der Waals surface area contributed by atoms with Gasteiger partial charge in [-0.2, -0.15) is 21.6 Å². The third kappa shape index (κ3) is 5.65. The van der Waals surface area contributed by atoms with Gasteiger partial charge < -0.3 is 8.39 Å². The summed E-state index contributed by atoms with van der Waals surface area (Å²) in [6.45, 7) is -0.0695. The summed E-state index contributed by atoms with van der Waals surface area (Å²) in [4.78, 5) is 0. The lowest BCUT2D eigenvalue weighted by Crippen LogP contribution is -2.20. The van der Waals surface area contributed by atoms with Gasteiger partial charge in [0.1, 0.15) is 0 Å². The number of hydrogen-bond donors (Lipinski definition) is 0. The van der Waals surface area contributed by atoms with Crippen LogP contribution < -0.4 is 0 Å². The maximum absolute atomic E-state index is 11.9. The van der Waals surface area contributed by atoms with Gasteiger partial charge >= 0.3 is 15.5 Å². The maximum atomic E-state index is 11.9. The van der Waals surface area contributed by atoms with E-state index in [9.17, 15) is 25.8 Å². The number of hydrogen-bond acceptors (Lipinski definition) is 5. The van der Waals surface area contributed by atoms with Crippen LogP contribution in [0.3, 0.4) is 0 Å². The molecule has 0 spiro atoms. The molecule has 1 aliphatic carbocycles. The quantitative estimate of drug-likeness (QED) is 0.557. The Hall–Kier alpha value is -0.350. The molecule has 10 heteroatoms. The summed E-state index contributed by atoms with van der Waals surface area (Å²) in [5.74, 6) is 0.577. The average Bonchev–Trinajstić information content (AvgIpc) is 2.75. The SMILES string of the molecule is O=[S-](=NS(=O)(=O)C(F)(F)F)OCCCC1CCCC1. The van der Waals surface area contributed by atoms with Gasteiger partial charge in [-0.3, -0.25) is 3.77 Å². The molecular formula is C9H15F3NO4S2-. The van der Waals surface area contributed by atoms with Gasteiger partial charge in [-0.05, 0) is 29.6 Å². The van der Waals surface area contributed by atoms with Crippen molar-refractivity contribution in [3.05, 3.63) is 0 Å². The third-order valence-corrected chi connectivity index (χ3v) is 5.09. The normalized spacial score (nSPS) is 19.9. The number of sulfonamides is 1. The maximum Gasteiger partial charge on any atom is 0.516 e. The van der Waals surface area contributed by atoms with Crippen LogP contribution in [0.1, 0.15) is 38.5 Å². The Balaban J connectivity index is 2.34. The summed E-state index contributed by atoms with van der Waals surface area (Å²) >= 11 is 0. The van der Waals surface area contributed by atoms with E-state index in [4.69, 9.17) is 0 Å². The van der Waals surface area contributed by atoms with Crippen LogP contribution in [-0.2, 0) is 29.3 Å². The number of alkyl halides is 3. The van der Waals surface area contributed by atoms with Crippen LogP contribution in [-0.4, -0.2) is 20.5 Å². The van der Waals surface area contributed by atoms with Crippen molar-refractivity contribution < 1.29 is 30.0 Å². The Morgan fingerprint density at radius 2 is 1.84 bits per heavy atom. The Morgan fingerprint density at radius 1 is 1.26 bits per heavy atom. The topological polar surface area (TPSA) is 72.8 Å². The Morgan fingerprint density at radius 3 is 2.37 bits per heavy atom. The molecule has 0 atom stereocenters. The summed E-state index contributed by atoms with van der Waals surface area (Å²) in [7, 11) is -8.57. The monoisotopic (exact) mass is 322 g/mol. The van der Waals surface area contributed by atoms with Crippen LogP contribution >= 0.6 is 0 Å². The second kappa shape index (κ2) is 6.89. The van der Waals surface area contributed by atoms with E-state index < -0.39 is 26.4 Å². The lowest BCUT2D eigenvalue weighted by atomic mass is 10.0. The summed E-state index contributed by atoms with van der Waals surface area (Å²) in [6.07, 6.45) is 5.96. The van der Waals surface area contributed by atoms with Gasteiger partial charge in [0.2, 0.25) is 0 Å². The van der Waals surface area contributed by atoms with Crippen LogP contribution in [0.15, 0.2) is 3.77 Å². The second-order valence-electron chi connectivity index (χ2n) is 4.33. The summed E-state index contributed by atoms with van der Waals surface area (Å²) in [6, 6.07) is 0. The molecule has 0 aliphatic heterocycles. The van der Waals surface area contributed by atoms with Crippen molar-refractivity contribution in [3.63, 3.8) is 0 Å². The largest absolute Gasteiger partial charge is 0.516 e. The molecule has 0 amide bonds. The fourth-order valence-electron chi connectivity index (χ4n) is 1.95. The predicted molar refractivity (Wildman–Crippen MR) is 62.6 cm³/mol. The van der Waals surface area contributed by atoms with Crippen molar-refractivity contribution in [1.29, 1.82) is 0 Å². The highest BCUT2D eigenvalue weighted by molar-refractivity contribution is 7.95. The summed E-state index contributed by atoms with van der Waals surface area (Å²) in [5, 5.41) is 0. The number of rotatable bonds is 6. The Labute approximate surface area is 112 Å². The Bertz CT molecular complexity index is 462. The van der Waals surface area contributed by atoms with E-state index in [1.165, 1.54) is 12.8 Å². The molecular weight excluding hydrogens is 307 g/mol. The van der Waals surface area contributed by atoms with Crippen molar-refractivity contribution in [1.82, 2.24) is 0 Å². The molecule has 0 aromatic heterocycles. The average molecular weight is 322 g/mol. The number of nitrogens with zero attached hydrogens (tertiary/aromatic N) is 1. The first-order valence-electron chi connectivity index (χ1n) is 5.82. The third-order valence-electron chi connectivity index (χ3n) is 2.87. The van der Waals surface area contributed by atoms with Crippen LogP contribution in [0.5, 0.6) is 0 Å². The molecule has 1 fully saturated rings. The minimum Gasteiger partial charge on any atom is -0.438 e. The fourth-order valence-corrected chi connectivity index (χ4v) is 3.36. The van der Waals surface area contributed by atoms with Crippen molar-refractivity contribution in [3.8, 4) is 0 Å². The van der Waals surface area contributed by atoms with Gasteiger partial charge in [0.25, 0.3) is 0 Å². The highest BCUT2D eigenvalue weighted by Crippen LogP contribution is 2.28. The first-order valence-corrected chi connectivity index (χ1v) is 8.29. The number of halogens is 3. The van der Waals surface area contributed by atoms with Gasteiger partial charge in [-0.25, -0.2) is 0 Å². The lowest BCUT2D eigenvalue weighted by Gasteiger charge is -2.11. The van der Waals surface area contributed by atoms with E-state index in [0.717, 1.165) is 19.3 Å². The summed E-state index contributed by atoms with van der Waals surface area (Å²) in [5.41, 5.74) is -5.55. The van der Waals surface area contributed by atoms with Crippen LogP contribution in [0.4, 0.5) is 13.2 Å². The molecule has 0 radical (unpaired) electrons. The molecule has 0 bridgehead atoms. The van der Waals surface area contributed by atoms with E-state index in [0.29, 0.717) is 12.3 Å². The van der Waals surface area contributed by atoms with E-state index in [1.54, 1.807) is 0 Å². The van der Waals surface area contributed by atoms with Crippen molar-refractivity contribution in [2.75, 3.05) is 6.61 Å². The molecule has 0 saturated heterocycles. The molecule has 0 unspecified atom stereocenters. The van der Waals surface area contributed by atoms with E-state index in [2.05, 4.69) is 7.95 Å². The lowest BCUT2D eigenvalue weighted by molar-refractivity contribution is -0.0435. The molecule has 0 N–H and O–H groups in total. The van der Waals surface area contributed by atoms with E-state index in [-0.39, 0.29) is 6.61 Å². The van der Waals surface area contributed by atoms with Crippen LogP contribution in [0.2, 0.25) is 0 Å². The molecule has 1 rings (SSSR count). The van der Waals surface area contributed by atoms with Gasteiger partial charge in [0.05, 0.1) is 0 Å². The molecule has 0 aromatic rings. The summed E-state index contributed by atoms with van der Waals surface area (Å²) < 4.78 is 74.4. The molecule has 19 heavy (non-hydrogen) atoms. The first-order chi connectivity index (χ1) is 8.72. The van der Waals surface area contributed by atoms with E-state index in [1.807, 2.05) is 0 Å². The van der Waals surface area contributed by atoms with Gasteiger partial charge in [0.15, 0.2) is 0 Å². The zero-order chi connectivity index (χ0) is 14.5. The van der Waals surface area contributed by atoms with Crippen LogP contribution in [0.25, 0.3) is 0 Å². The van der Waals surface area contributed by atoms with Gasteiger partial charge in [-0.1, -0.05) is 25.7 Å². The zero-order valence-electron chi connectivity index (χ0n) is 10.1. The highest BCUT2D eigenvalue weighted by atomic mass is 32.3. The smallest absolute Gasteiger partial charge is 0.438 e. The molecule has 0 aromatic carbocycles. The molecule has 0 heterocycles. The molecule has 5 nitrogen and oxygen atoms in total. The minimum atomic E-state index is -5.75. The second-order valence-corrected chi connectivity index (χ2v) is 7.01. The van der Waals surface area contributed by atoms with E-state index >= 15 is 0 Å². The zero-order valence-corrected chi connectivity index (χ0v) is 11.7. The molecule has 1 aliphatic rings. The molecule has 114 valence electrons. The molecule has 1 saturated carbocycles. The van der Waals surface area contributed by atoms with Crippen LogP contribution in [0, 0.1) is 5.92 Å².